The van der Waals surface area contributed by atoms with Crippen LogP contribution in [-0.2, 0) is 4.79 Å². The number of hydrogen-bond donors (Lipinski definition) is 1. The third-order valence-corrected chi connectivity index (χ3v) is 3.26. The van der Waals surface area contributed by atoms with Crippen molar-refractivity contribution in [1.82, 2.24) is 9.88 Å². The minimum atomic E-state index is -1.16. The zero-order chi connectivity index (χ0) is 14.5. The van der Waals surface area contributed by atoms with E-state index >= 15 is 0 Å². The van der Waals surface area contributed by atoms with Crippen molar-refractivity contribution in [3.63, 3.8) is 0 Å². The zero-order valence-electron chi connectivity index (χ0n) is 11.5. The molecule has 1 aliphatic heterocycles. The summed E-state index contributed by atoms with van der Waals surface area (Å²) in [5.41, 5.74) is 0.438. The Hall–Kier alpha value is -2.11. The number of carbonyl (C=O) groups excluding carboxylic acids is 1. The van der Waals surface area contributed by atoms with Crippen molar-refractivity contribution in [2.24, 2.45) is 0 Å². The highest BCUT2D eigenvalue weighted by molar-refractivity contribution is 5.88. The molecule has 2 rings (SSSR count). The number of aromatic carboxylic acids is 1. The molecule has 6 heteroatoms. The van der Waals surface area contributed by atoms with Gasteiger partial charge in [-0.3, -0.25) is 4.79 Å². The van der Waals surface area contributed by atoms with E-state index in [1.807, 2.05) is 0 Å². The highest BCUT2D eigenvalue weighted by Gasteiger charge is 2.19. The Bertz CT molecular complexity index is 510. The van der Waals surface area contributed by atoms with Crippen molar-refractivity contribution in [3.05, 3.63) is 23.5 Å². The van der Waals surface area contributed by atoms with Crippen LogP contribution in [0.3, 0.4) is 0 Å². The SMILES string of the molecule is Cc1ccc(OCC(=O)N2CCCCC2)c(C(=O)O)n1. The summed E-state index contributed by atoms with van der Waals surface area (Å²) in [4.78, 5) is 28.7. The standard InChI is InChI=1S/C14H18N2O4/c1-10-5-6-11(13(15-10)14(18)19)20-9-12(17)16-7-3-2-4-8-16/h5-6H,2-4,7-9H2,1H3,(H,18,19). The van der Waals surface area contributed by atoms with Crippen molar-refractivity contribution in [1.29, 1.82) is 0 Å². The van der Waals surface area contributed by atoms with Gasteiger partial charge in [0.25, 0.3) is 5.91 Å². The van der Waals surface area contributed by atoms with Crippen LogP contribution in [-0.4, -0.2) is 46.6 Å². The maximum Gasteiger partial charge on any atom is 0.358 e. The van der Waals surface area contributed by atoms with Crippen LogP contribution >= 0.6 is 0 Å². The lowest BCUT2D eigenvalue weighted by Crippen LogP contribution is -2.38. The van der Waals surface area contributed by atoms with Gasteiger partial charge in [0.1, 0.15) is 0 Å². The van der Waals surface area contributed by atoms with Crippen molar-refractivity contribution < 1.29 is 19.4 Å². The molecule has 0 radical (unpaired) electrons. The molecule has 0 atom stereocenters. The number of hydrogen-bond acceptors (Lipinski definition) is 4. The summed E-state index contributed by atoms with van der Waals surface area (Å²) >= 11 is 0. The molecule has 0 aliphatic carbocycles. The number of carboxylic acid groups (broad SMARTS) is 1. The number of piperidine rings is 1. The monoisotopic (exact) mass is 278 g/mol. The molecular weight excluding hydrogens is 260 g/mol. The minimum Gasteiger partial charge on any atom is -0.481 e. The average molecular weight is 278 g/mol. The van der Waals surface area contributed by atoms with Crippen LogP contribution in [0.15, 0.2) is 12.1 Å². The second kappa shape index (κ2) is 6.36. The Kier molecular flexibility index (Phi) is 4.55. The van der Waals surface area contributed by atoms with E-state index in [2.05, 4.69) is 4.98 Å². The Morgan fingerprint density at radius 2 is 2.00 bits per heavy atom. The predicted molar refractivity (Wildman–Crippen MR) is 71.9 cm³/mol. The Balaban J connectivity index is 1.99. The second-order valence-electron chi connectivity index (χ2n) is 4.83. The first-order chi connectivity index (χ1) is 9.58. The molecule has 108 valence electrons. The highest BCUT2D eigenvalue weighted by Crippen LogP contribution is 2.17. The first-order valence-corrected chi connectivity index (χ1v) is 6.69. The molecule has 1 amide bonds. The fourth-order valence-electron chi connectivity index (χ4n) is 2.19. The number of aromatic nitrogens is 1. The highest BCUT2D eigenvalue weighted by atomic mass is 16.5. The first kappa shape index (κ1) is 14.3. The smallest absolute Gasteiger partial charge is 0.358 e. The first-order valence-electron chi connectivity index (χ1n) is 6.69. The van der Waals surface area contributed by atoms with Gasteiger partial charge in [-0.15, -0.1) is 0 Å². The maximum atomic E-state index is 12.0. The molecule has 20 heavy (non-hydrogen) atoms. The summed E-state index contributed by atoms with van der Waals surface area (Å²) in [7, 11) is 0. The molecule has 0 bridgehead atoms. The maximum absolute atomic E-state index is 12.0. The largest absolute Gasteiger partial charge is 0.481 e. The number of carbonyl (C=O) groups is 2. The summed E-state index contributed by atoms with van der Waals surface area (Å²) in [5.74, 6) is -1.14. The Labute approximate surface area is 117 Å². The summed E-state index contributed by atoms with van der Waals surface area (Å²) < 4.78 is 5.33. The van der Waals surface area contributed by atoms with Crippen LogP contribution in [0, 0.1) is 6.92 Å². The van der Waals surface area contributed by atoms with Gasteiger partial charge in [0.05, 0.1) is 0 Å². The lowest BCUT2D eigenvalue weighted by molar-refractivity contribution is -0.134. The summed E-state index contributed by atoms with van der Waals surface area (Å²) in [6.07, 6.45) is 3.17. The van der Waals surface area contributed by atoms with Crippen LogP contribution in [0.4, 0.5) is 0 Å². The molecule has 1 N–H and O–H groups in total. The van der Waals surface area contributed by atoms with E-state index in [-0.39, 0.29) is 24.0 Å². The van der Waals surface area contributed by atoms with Gasteiger partial charge in [0.2, 0.25) is 0 Å². The van der Waals surface area contributed by atoms with Crippen molar-refractivity contribution >= 4 is 11.9 Å². The second-order valence-corrected chi connectivity index (χ2v) is 4.83. The van der Waals surface area contributed by atoms with E-state index in [0.717, 1.165) is 32.4 Å². The van der Waals surface area contributed by atoms with E-state index in [1.54, 1.807) is 17.9 Å². The molecule has 1 aromatic rings. The number of ether oxygens (including phenoxy) is 1. The van der Waals surface area contributed by atoms with Crippen LogP contribution < -0.4 is 4.74 Å². The van der Waals surface area contributed by atoms with Gasteiger partial charge in [0, 0.05) is 18.8 Å². The molecule has 2 heterocycles. The predicted octanol–water partition coefficient (Wildman–Crippen LogP) is 1.48. The van der Waals surface area contributed by atoms with Crippen LogP contribution in [0.1, 0.15) is 35.4 Å². The van der Waals surface area contributed by atoms with Gasteiger partial charge in [-0.25, -0.2) is 9.78 Å². The summed E-state index contributed by atoms with van der Waals surface area (Å²) in [6.45, 7) is 3.06. The van der Waals surface area contributed by atoms with Gasteiger partial charge in [-0.05, 0) is 38.3 Å². The number of pyridine rings is 1. The number of aryl methyl sites for hydroxylation is 1. The van der Waals surface area contributed by atoms with E-state index < -0.39 is 5.97 Å². The van der Waals surface area contributed by atoms with Crippen molar-refractivity contribution in [2.45, 2.75) is 26.2 Å². The molecule has 1 fully saturated rings. The van der Waals surface area contributed by atoms with Crippen molar-refractivity contribution in [2.75, 3.05) is 19.7 Å². The lowest BCUT2D eigenvalue weighted by atomic mass is 10.1. The molecule has 0 saturated carbocycles. The molecule has 1 aromatic heterocycles. The van der Waals surface area contributed by atoms with Crippen LogP contribution in [0.25, 0.3) is 0 Å². The van der Waals surface area contributed by atoms with Gasteiger partial charge in [-0.1, -0.05) is 0 Å². The molecule has 0 aromatic carbocycles. The summed E-state index contributed by atoms with van der Waals surface area (Å²) in [5, 5.41) is 9.07. The zero-order valence-corrected chi connectivity index (χ0v) is 11.5. The lowest BCUT2D eigenvalue weighted by Gasteiger charge is -2.26. The number of likely N-dealkylation sites (tertiary alicyclic amines) is 1. The van der Waals surface area contributed by atoms with E-state index in [9.17, 15) is 9.59 Å². The Morgan fingerprint density at radius 1 is 1.30 bits per heavy atom. The number of nitrogens with zero attached hydrogens (tertiary/aromatic N) is 2. The molecule has 6 nitrogen and oxygen atoms in total. The minimum absolute atomic E-state index is 0.110. The molecular formula is C14H18N2O4. The fourth-order valence-corrected chi connectivity index (χ4v) is 2.19. The van der Waals surface area contributed by atoms with Crippen molar-refractivity contribution in [3.8, 4) is 5.75 Å². The van der Waals surface area contributed by atoms with Gasteiger partial charge in [0.15, 0.2) is 18.1 Å². The quantitative estimate of drug-likeness (QED) is 0.902. The van der Waals surface area contributed by atoms with E-state index in [4.69, 9.17) is 9.84 Å². The van der Waals surface area contributed by atoms with E-state index in [1.165, 1.54) is 6.07 Å². The van der Waals surface area contributed by atoms with Gasteiger partial charge in [-0.2, -0.15) is 0 Å². The third-order valence-electron chi connectivity index (χ3n) is 3.26. The van der Waals surface area contributed by atoms with E-state index in [0.29, 0.717) is 5.69 Å². The molecule has 0 spiro atoms. The fraction of sp³-hybridized carbons (Fsp3) is 0.500. The van der Waals surface area contributed by atoms with Gasteiger partial charge >= 0.3 is 5.97 Å². The summed E-state index contributed by atoms with van der Waals surface area (Å²) in [6, 6.07) is 3.20. The number of amides is 1. The van der Waals surface area contributed by atoms with Crippen LogP contribution in [0.5, 0.6) is 5.75 Å². The number of carboxylic acids is 1. The normalized spacial score (nSPS) is 14.9. The van der Waals surface area contributed by atoms with Crippen LogP contribution in [0.2, 0.25) is 0 Å². The Morgan fingerprint density at radius 3 is 2.65 bits per heavy atom. The third kappa shape index (κ3) is 3.46. The molecule has 0 unspecified atom stereocenters. The topological polar surface area (TPSA) is 79.7 Å². The molecule has 1 aliphatic rings. The number of rotatable bonds is 4. The molecule has 1 saturated heterocycles. The average Bonchev–Trinajstić information content (AvgIpc) is 2.46. The van der Waals surface area contributed by atoms with Gasteiger partial charge < -0.3 is 14.7 Å².